The van der Waals surface area contributed by atoms with Crippen molar-refractivity contribution in [1.29, 1.82) is 0 Å². The number of nitrogens with zero attached hydrogens (tertiary/aromatic N) is 3. The van der Waals surface area contributed by atoms with E-state index in [1.54, 1.807) is 31.6 Å². The lowest BCUT2D eigenvalue weighted by atomic mass is 9.90. The Labute approximate surface area is 164 Å². The molecule has 0 unspecified atom stereocenters. The summed E-state index contributed by atoms with van der Waals surface area (Å²) in [4.78, 5) is 5.46. The molecule has 0 radical (unpaired) electrons. The largest absolute Gasteiger partial charge is 0.497 e. The Balaban J connectivity index is 2.06. The van der Waals surface area contributed by atoms with Crippen molar-refractivity contribution in [3.8, 4) is 22.8 Å². The van der Waals surface area contributed by atoms with Crippen LogP contribution in [0.4, 0.5) is 0 Å². The number of benzene rings is 1. The van der Waals surface area contributed by atoms with Crippen molar-refractivity contribution < 1.29 is 9.47 Å². The van der Waals surface area contributed by atoms with E-state index in [9.17, 15) is 0 Å². The van der Waals surface area contributed by atoms with Gasteiger partial charge in [0.1, 0.15) is 11.5 Å². The van der Waals surface area contributed by atoms with Gasteiger partial charge in [-0.25, -0.2) is 4.68 Å². The number of methoxy groups -OCH3 is 2. The summed E-state index contributed by atoms with van der Waals surface area (Å²) >= 11 is 1.57. The molecule has 0 saturated heterocycles. The highest BCUT2D eigenvalue weighted by molar-refractivity contribution is 7.07. The van der Waals surface area contributed by atoms with Crippen molar-refractivity contribution in [3.63, 3.8) is 0 Å². The highest BCUT2D eigenvalue weighted by Crippen LogP contribution is 2.33. The fraction of sp³-hybridized carbons (Fsp3) is 0.429. The second-order valence-electron chi connectivity index (χ2n) is 6.57. The molecule has 0 N–H and O–H groups in total. The molecule has 0 aliphatic heterocycles. The summed E-state index contributed by atoms with van der Waals surface area (Å²) in [5, 5.41) is 6.89. The van der Waals surface area contributed by atoms with Gasteiger partial charge in [-0.2, -0.15) is 5.10 Å². The third kappa shape index (κ3) is 4.69. The maximum atomic E-state index is 5.58. The van der Waals surface area contributed by atoms with Crippen LogP contribution >= 0.6 is 11.3 Å². The molecular weight excluding hydrogens is 358 g/mol. The van der Waals surface area contributed by atoms with Gasteiger partial charge in [0.05, 0.1) is 26.5 Å². The Kier molecular flexibility index (Phi) is 6.87. The van der Waals surface area contributed by atoms with Crippen LogP contribution in [0, 0.1) is 5.92 Å². The molecule has 1 aliphatic carbocycles. The van der Waals surface area contributed by atoms with Crippen LogP contribution in [0.5, 0.6) is 11.5 Å². The van der Waals surface area contributed by atoms with Gasteiger partial charge < -0.3 is 9.47 Å². The number of hydrogen-bond acceptors (Lipinski definition) is 5. The van der Waals surface area contributed by atoms with E-state index in [4.69, 9.17) is 14.6 Å². The van der Waals surface area contributed by atoms with Gasteiger partial charge in [-0.1, -0.05) is 25.3 Å². The van der Waals surface area contributed by atoms with E-state index in [0.717, 1.165) is 27.6 Å². The minimum atomic E-state index is 0.540. The summed E-state index contributed by atoms with van der Waals surface area (Å²) in [5.74, 6) is 2.10. The van der Waals surface area contributed by atoms with Crippen molar-refractivity contribution in [3.05, 3.63) is 41.0 Å². The molecule has 3 rings (SSSR count). The number of hydrogen-bond donors (Lipinski definition) is 0. The zero-order valence-corrected chi connectivity index (χ0v) is 16.9. The zero-order chi connectivity index (χ0) is 19.1. The third-order valence-corrected chi connectivity index (χ3v) is 5.62. The second-order valence-corrected chi connectivity index (χ2v) is 7.41. The SMILES string of the molecule is C=CCN=c1scc(-c2cc(OC)ccc2OC)n1N=CC1CCCCC1. The first kappa shape index (κ1) is 19.4. The second kappa shape index (κ2) is 9.55. The molecule has 2 aromatic rings. The molecule has 0 bridgehead atoms. The average molecular weight is 386 g/mol. The van der Waals surface area contributed by atoms with Crippen molar-refractivity contribution >= 4 is 17.6 Å². The fourth-order valence-corrected chi connectivity index (χ4v) is 4.14. The monoisotopic (exact) mass is 385 g/mol. The minimum Gasteiger partial charge on any atom is -0.497 e. The van der Waals surface area contributed by atoms with E-state index in [1.165, 1.54) is 32.1 Å². The van der Waals surface area contributed by atoms with Crippen LogP contribution < -0.4 is 14.3 Å². The van der Waals surface area contributed by atoms with Crippen LogP contribution in [0.2, 0.25) is 0 Å². The predicted octanol–water partition coefficient (Wildman–Crippen LogP) is 4.73. The van der Waals surface area contributed by atoms with Crippen molar-refractivity contribution in [2.75, 3.05) is 20.8 Å². The normalized spacial score (nSPS) is 16.0. The van der Waals surface area contributed by atoms with E-state index in [2.05, 4.69) is 23.2 Å². The molecule has 1 aliphatic rings. The Morgan fingerprint density at radius 1 is 1.22 bits per heavy atom. The summed E-state index contributed by atoms with van der Waals surface area (Å²) in [6, 6.07) is 5.79. The van der Waals surface area contributed by atoms with Crippen molar-refractivity contribution in [1.82, 2.24) is 4.68 Å². The van der Waals surface area contributed by atoms with Gasteiger partial charge in [0.25, 0.3) is 0 Å². The van der Waals surface area contributed by atoms with Crippen LogP contribution in [0.1, 0.15) is 32.1 Å². The zero-order valence-electron chi connectivity index (χ0n) is 16.1. The number of aromatic nitrogens is 1. The van der Waals surface area contributed by atoms with Crippen LogP contribution in [0.15, 0.2) is 46.3 Å². The molecule has 27 heavy (non-hydrogen) atoms. The van der Waals surface area contributed by atoms with E-state index in [-0.39, 0.29) is 0 Å². The summed E-state index contributed by atoms with van der Waals surface area (Å²) in [5.41, 5.74) is 1.89. The van der Waals surface area contributed by atoms with E-state index >= 15 is 0 Å². The van der Waals surface area contributed by atoms with Gasteiger partial charge in [0.2, 0.25) is 4.80 Å². The molecule has 0 spiro atoms. The lowest BCUT2D eigenvalue weighted by Crippen LogP contribution is -2.15. The first-order valence-electron chi connectivity index (χ1n) is 9.35. The lowest BCUT2D eigenvalue weighted by molar-refractivity contribution is 0.404. The lowest BCUT2D eigenvalue weighted by Gasteiger charge is -2.17. The summed E-state index contributed by atoms with van der Waals surface area (Å²) in [7, 11) is 3.34. The Morgan fingerprint density at radius 2 is 2.04 bits per heavy atom. The maximum absolute atomic E-state index is 5.58. The Bertz CT molecular complexity index is 861. The summed E-state index contributed by atoms with van der Waals surface area (Å²) in [6.07, 6.45) is 10.2. The van der Waals surface area contributed by atoms with E-state index < -0.39 is 0 Å². The molecule has 1 saturated carbocycles. The molecule has 1 aromatic carbocycles. The smallest absolute Gasteiger partial charge is 0.206 e. The van der Waals surface area contributed by atoms with Gasteiger partial charge in [-0.05, 0) is 37.0 Å². The quantitative estimate of drug-likeness (QED) is 0.511. The molecule has 6 heteroatoms. The number of rotatable bonds is 7. The number of ether oxygens (including phenoxy) is 2. The first-order valence-corrected chi connectivity index (χ1v) is 10.2. The van der Waals surface area contributed by atoms with E-state index in [0.29, 0.717) is 12.5 Å². The van der Waals surface area contributed by atoms with Gasteiger partial charge >= 0.3 is 0 Å². The van der Waals surface area contributed by atoms with Gasteiger partial charge in [0, 0.05) is 17.2 Å². The summed E-state index contributed by atoms with van der Waals surface area (Å²) in [6.45, 7) is 4.33. The van der Waals surface area contributed by atoms with Crippen LogP contribution in [-0.4, -0.2) is 31.7 Å². The maximum Gasteiger partial charge on any atom is 0.206 e. The molecule has 5 nitrogen and oxygen atoms in total. The molecular formula is C21H27N3O2S. The topological polar surface area (TPSA) is 48.1 Å². The third-order valence-electron chi connectivity index (χ3n) is 4.77. The molecule has 144 valence electrons. The Morgan fingerprint density at radius 3 is 2.74 bits per heavy atom. The van der Waals surface area contributed by atoms with Crippen LogP contribution in [0.3, 0.4) is 0 Å². The molecule has 0 amide bonds. The minimum absolute atomic E-state index is 0.540. The standard InChI is InChI=1S/C21H27N3O2S/c1-4-12-22-21-24(23-14-16-8-6-5-7-9-16)19(15-27-21)18-13-17(25-2)10-11-20(18)26-3/h4,10-11,13-16H,1,5-9,12H2,2-3H3. The number of thiazole rings is 1. The van der Waals surface area contributed by atoms with Gasteiger partial charge in [-0.15, -0.1) is 17.9 Å². The average Bonchev–Trinajstić information content (AvgIpc) is 3.13. The van der Waals surface area contributed by atoms with Crippen LogP contribution in [-0.2, 0) is 0 Å². The molecule has 1 heterocycles. The molecule has 0 atom stereocenters. The fourth-order valence-electron chi connectivity index (χ4n) is 3.31. The highest BCUT2D eigenvalue weighted by Gasteiger charge is 2.15. The van der Waals surface area contributed by atoms with Gasteiger partial charge in [0.15, 0.2) is 0 Å². The predicted molar refractivity (Wildman–Crippen MR) is 112 cm³/mol. The van der Waals surface area contributed by atoms with Crippen LogP contribution in [0.25, 0.3) is 11.3 Å². The summed E-state index contributed by atoms with van der Waals surface area (Å²) < 4.78 is 12.9. The molecule has 1 fully saturated rings. The van der Waals surface area contributed by atoms with Crippen molar-refractivity contribution in [2.24, 2.45) is 16.0 Å². The highest BCUT2D eigenvalue weighted by atomic mass is 32.1. The molecule has 1 aromatic heterocycles. The van der Waals surface area contributed by atoms with E-state index in [1.807, 2.05) is 22.9 Å². The first-order chi connectivity index (χ1) is 13.3. The van der Waals surface area contributed by atoms with Crippen molar-refractivity contribution in [2.45, 2.75) is 32.1 Å². The Hall–Kier alpha value is -2.34. The van der Waals surface area contributed by atoms with Gasteiger partial charge in [-0.3, -0.25) is 4.99 Å².